The van der Waals surface area contributed by atoms with Crippen molar-refractivity contribution in [2.75, 3.05) is 19.7 Å². The lowest BCUT2D eigenvalue weighted by molar-refractivity contribution is 0.215. The van der Waals surface area contributed by atoms with Crippen LogP contribution in [0.5, 0.6) is 11.5 Å². The van der Waals surface area contributed by atoms with Crippen LogP contribution in [0.25, 0.3) is 11.1 Å². The number of hydrogen-bond acceptors (Lipinski definition) is 5. The third-order valence-corrected chi connectivity index (χ3v) is 4.76. The molecule has 0 radical (unpaired) electrons. The minimum Gasteiger partial charge on any atom is -0.504 e. The van der Waals surface area contributed by atoms with Crippen LogP contribution in [0.15, 0.2) is 49.1 Å². The second-order valence-electron chi connectivity index (χ2n) is 6.58. The van der Waals surface area contributed by atoms with Crippen LogP contribution in [0.2, 0.25) is 0 Å². The average molecular weight is 350 g/mol. The molecule has 6 nitrogen and oxygen atoms in total. The smallest absolute Gasteiger partial charge is 0.165 e. The van der Waals surface area contributed by atoms with E-state index >= 15 is 0 Å². The van der Waals surface area contributed by atoms with E-state index in [0.29, 0.717) is 12.4 Å². The molecule has 1 aliphatic rings. The second kappa shape index (κ2) is 7.17. The third kappa shape index (κ3) is 3.41. The minimum absolute atomic E-state index is 0.207. The van der Waals surface area contributed by atoms with Gasteiger partial charge in [-0.2, -0.15) is 5.10 Å². The van der Waals surface area contributed by atoms with Crippen molar-refractivity contribution >= 4 is 0 Å². The molecule has 0 fully saturated rings. The maximum atomic E-state index is 10.5. The number of hydrogen-bond donors (Lipinski definition) is 1. The highest BCUT2D eigenvalue weighted by Crippen LogP contribution is 2.38. The number of ether oxygens (including phenoxy) is 1. The van der Waals surface area contributed by atoms with E-state index in [0.717, 1.165) is 42.9 Å². The molecule has 0 atom stereocenters. The highest BCUT2D eigenvalue weighted by atomic mass is 16.5. The van der Waals surface area contributed by atoms with Crippen LogP contribution in [0.3, 0.4) is 0 Å². The lowest BCUT2D eigenvalue weighted by Crippen LogP contribution is -2.29. The molecule has 0 amide bonds. The number of aromatic nitrogens is 3. The fourth-order valence-electron chi connectivity index (χ4n) is 3.39. The second-order valence-corrected chi connectivity index (χ2v) is 6.58. The largest absolute Gasteiger partial charge is 0.504 e. The van der Waals surface area contributed by atoms with Gasteiger partial charge in [-0.25, -0.2) is 4.98 Å². The van der Waals surface area contributed by atoms with Crippen molar-refractivity contribution in [1.82, 2.24) is 19.7 Å². The Hall–Kier alpha value is -2.86. The molecule has 1 aliphatic heterocycles. The number of nitrogens with zero attached hydrogens (tertiary/aromatic N) is 4. The zero-order chi connectivity index (χ0) is 17.9. The van der Waals surface area contributed by atoms with Gasteiger partial charge < -0.3 is 9.84 Å². The number of fused-ring (bicyclic) bond motifs is 1. The first-order chi connectivity index (χ1) is 12.7. The lowest BCUT2D eigenvalue weighted by atomic mass is 9.98. The van der Waals surface area contributed by atoms with Crippen molar-refractivity contribution in [3.8, 4) is 22.6 Å². The standard InChI is InChI=1S/C20H22N4O2/c1-15-4-2-3-5-18(15)16-10-17-12-23(6-7-24-14-21-13-22-24)8-9-26-20(17)19(25)11-16/h2-5,10-11,13-14,25H,6-9,12H2,1H3. The van der Waals surface area contributed by atoms with Crippen molar-refractivity contribution in [2.45, 2.75) is 20.0 Å². The lowest BCUT2D eigenvalue weighted by Gasteiger charge is -2.19. The van der Waals surface area contributed by atoms with E-state index in [-0.39, 0.29) is 5.75 Å². The van der Waals surface area contributed by atoms with Crippen molar-refractivity contribution in [3.05, 3.63) is 60.2 Å². The first-order valence-electron chi connectivity index (χ1n) is 8.80. The summed E-state index contributed by atoms with van der Waals surface area (Å²) in [7, 11) is 0. The molecular formula is C20H22N4O2. The van der Waals surface area contributed by atoms with E-state index in [1.54, 1.807) is 18.7 Å². The first-order valence-corrected chi connectivity index (χ1v) is 8.80. The Morgan fingerprint density at radius 2 is 2.08 bits per heavy atom. The molecule has 0 saturated carbocycles. The summed E-state index contributed by atoms with van der Waals surface area (Å²) in [6.07, 6.45) is 3.28. The zero-order valence-corrected chi connectivity index (χ0v) is 14.8. The van der Waals surface area contributed by atoms with Gasteiger partial charge in [-0.1, -0.05) is 24.3 Å². The van der Waals surface area contributed by atoms with Gasteiger partial charge in [0.2, 0.25) is 0 Å². The maximum absolute atomic E-state index is 10.5. The predicted molar refractivity (Wildman–Crippen MR) is 99.1 cm³/mol. The summed E-state index contributed by atoms with van der Waals surface area (Å²) in [5.74, 6) is 0.810. The monoisotopic (exact) mass is 350 g/mol. The van der Waals surface area contributed by atoms with Crippen molar-refractivity contribution in [3.63, 3.8) is 0 Å². The highest BCUT2D eigenvalue weighted by Gasteiger charge is 2.20. The van der Waals surface area contributed by atoms with E-state index < -0.39 is 0 Å². The van der Waals surface area contributed by atoms with E-state index in [1.807, 2.05) is 16.8 Å². The number of phenolic OH excluding ortho intramolecular Hbond substituents is 1. The van der Waals surface area contributed by atoms with Gasteiger partial charge in [-0.3, -0.25) is 9.58 Å². The number of benzene rings is 2. The Morgan fingerprint density at radius 3 is 2.88 bits per heavy atom. The topological polar surface area (TPSA) is 63.4 Å². The maximum Gasteiger partial charge on any atom is 0.165 e. The summed E-state index contributed by atoms with van der Waals surface area (Å²) in [6.45, 7) is 5.81. The molecule has 2 aromatic carbocycles. The molecule has 1 N–H and O–H groups in total. The minimum atomic E-state index is 0.207. The molecule has 6 heteroatoms. The van der Waals surface area contributed by atoms with Crippen LogP contribution in [0, 0.1) is 6.92 Å². The van der Waals surface area contributed by atoms with Crippen LogP contribution in [0.1, 0.15) is 11.1 Å². The molecule has 0 aliphatic carbocycles. The van der Waals surface area contributed by atoms with Crippen LogP contribution in [-0.4, -0.2) is 44.5 Å². The van der Waals surface area contributed by atoms with Crippen LogP contribution >= 0.6 is 0 Å². The average Bonchev–Trinajstić information content (AvgIpc) is 3.06. The fourth-order valence-corrected chi connectivity index (χ4v) is 3.39. The summed E-state index contributed by atoms with van der Waals surface area (Å²) in [5, 5.41) is 14.7. The Morgan fingerprint density at radius 1 is 1.19 bits per heavy atom. The Kier molecular flexibility index (Phi) is 4.58. The number of phenols is 1. The first kappa shape index (κ1) is 16.6. The number of aromatic hydroxyl groups is 1. The van der Waals surface area contributed by atoms with E-state index in [4.69, 9.17) is 4.74 Å². The van der Waals surface area contributed by atoms with Crippen molar-refractivity contribution in [1.29, 1.82) is 0 Å². The van der Waals surface area contributed by atoms with Gasteiger partial charge in [0.15, 0.2) is 11.5 Å². The van der Waals surface area contributed by atoms with Gasteiger partial charge in [0.1, 0.15) is 19.3 Å². The quantitative estimate of drug-likeness (QED) is 0.784. The predicted octanol–water partition coefficient (Wildman–Crippen LogP) is 2.85. The van der Waals surface area contributed by atoms with E-state index in [1.165, 1.54) is 5.56 Å². The summed E-state index contributed by atoms with van der Waals surface area (Å²) >= 11 is 0. The van der Waals surface area contributed by atoms with Gasteiger partial charge in [0.25, 0.3) is 0 Å². The molecule has 0 saturated heterocycles. The molecule has 4 rings (SSSR count). The SMILES string of the molecule is Cc1ccccc1-c1cc(O)c2c(c1)CN(CCn1cncn1)CCO2. The Labute approximate surface area is 152 Å². The third-order valence-electron chi connectivity index (χ3n) is 4.76. The summed E-state index contributed by atoms with van der Waals surface area (Å²) in [6, 6.07) is 12.1. The van der Waals surface area contributed by atoms with Gasteiger partial charge in [0.05, 0.1) is 6.54 Å². The fraction of sp³-hybridized carbons (Fsp3) is 0.300. The van der Waals surface area contributed by atoms with Gasteiger partial charge in [-0.05, 0) is 35.7 Å². The summed E-state index contributed by atoms with van der Waals surface area (Å²) in [4.78, 5) is 6.30. The van der Waals surface area contributed by atoms with Crippen LogP contribution < -0.4 is 4.74 Å². The number of aryl methyl sites for hydroxylation is 1. The molecule has 26 heavy (non-hydrogen) atoms. The molecule has 0 spiro atoms. The zero-order valence-electron chi connectivity index (χ0n) is 14.8. The summed E-state index contributed by atoms with van der Waals surface area (Å²) in [5.41, 5.74) is 4.34. The van der Waals surface area contributed by atoms with Gasteiger partial charge >= 0.3 is 0 Å². The Balaban J connectivity index is 1.60. The van der Waals surface area contributed by atoms with Crippen LogP contribution in [-0.2, 0) is 13.1 Å². The molecule has 2 heterocycles. The molecule has 0 unspecified atom stereocenters. The van der Waals surface area contributed by atoms with E-state index in [2.05, 4.69) is 40.1 Å². The molecule has 134 valence electrons. The van der Waals surface area contributed by atoms with Crippen molar-refractivity contribution in [2.24, 2.45) is 0 Å². The van der Waals surface area contributed by atoms with Crippen LogP contribution in [0.4, 0.5) is 0 Å². The molecular weight excluding hydrogens is 328 g/mol. The van der Waals surface area contributed by atoms with Gasteiger partial charge in [-0.15, -0.1) is 0 Å². The molecule has 3 aromatic rings. The summed E-state index contributed by atoms with van der Waals surface area (Å²) < 4.78 is 7.67. The van der Waals surface area contributed by atoms with Gasteiger partial charge in [0, 0.05) is 25.2 Å². The Bertz CT molecular complexity index is 893. The molecule has 1 aromatic heterocycles. The number of rotatable bonds is 4. The van der Waals surface area contributed by atoms with E-state index in [9.17, 15) is 5.11 Å². The molecule has 0 bridgehead atoms. The normalized spacial score (nSPS) is 14.5. The highest BCUT2D eigenvalue weighted by molar-refractivity contribution is 5.71. The van der Waals surface area contributed by atoms with Crippen molar-refractivity contribution < 1.29 is 9.84 Å².